The fourth-order valence-electron chi connectivity index (χ4n) is 4.07. The molecule has 214 valence electrons. The molecule has 12 heteroatoms. The largest absolute Gasteiger partial charge is 0.495 e. The van der Waals surface area contributed by atoms with Crippen molar-refractivity contribution in [2.24, 2.45) is 0 Å². The maximum absolute atomic E-state index is 13.6. The second kappa shape index (κ2) is 12.2. The minimum absolute atomic E-state index is 0.0226. The Balaban J connectivity index is 1.55. The van der Waals surface area contributed by atoms with Crippen LogP contribution in [-0.2, 0) is 24.8 Å². The van der Waals surface area contributed by atoms with Crippen LogP contribution >= 0.6 is 11.6 Å². The third-order valence-electron chi connectivity index (χ3n) is 6.09. The van der Waals surface area contributed by atoms with Crippen LogP contribution in [0.15, 0.2) is 101 Å². The molecule has 0 spiro atoms. The summed E-state index contributed by atoms with van der Waals surface area (Å²) in [6.45, 7) is 3.00. The average Bonchev–Trinajstić information content (AvgIpc) is 2.93. The van der Waals surface area contributed by atoms with Crippen LogP contribution in [-0.4, -0.2) is 36.4 Å². The predicted molar refractivity (Wildman–Crippen MR) is 161 cm³/mol. The van der Waals surface area contributed by atoms with Crippen LogP contribution in [0.2, 0.25) is 5.02 Å². The molecule has 0 bridgehead atoms. The van der Waals surface area contributed by atoms with Gasteiger partial charge in [-0.2, -0.15) is 0 Å². The number of carbonyl (C=O) groups is 1. The second-order valence-electron chi connectivity index (χ2n) is 9.14. The van der Waals surface area contributed by atoms with Crippen molar-refractivity contribution in [3.63, 3.8) is 0 Å². The van der Waals surface area contributed by atoms with E-state index in [0.717, 1.165) is 9.87 Å². The van der Waals surface area contributed by atoms with E-state index in [1.54, 1.807) is 61.5 Å². The molecule has 0 heterocycles. The number of hydrogen-bond acceptors (Lipinski definition) is 6. The number of nitrogens with one attached hydrogen (secondary N) is 2. The molecule has 1 amide bonds. The number of sulfonamides is 2. The first-order valence-corrected chi connectivity index (χ1v) is 15.6. The van der Waals surface area contributed by atoms with Gasteiger partial charge in [0.1, 0.15) is 12.3 Å². The Morgan fingerprint density at radius 2 is 1.54 bits per heavy atom. The number of benzene rings is 4. The molecule has 0 aromatic heterocycles. The first kappa shape index (κ1) is 29.9. The maximum atomic E-state index is 13.6. The van der Waals surface area contributed by atoms with Crippen molar-refractivity contribution >= 4 is 54.6 Å². The van der Waals surface area contributed by atoms with Crippen LogP contribution in [0.25, 0.3) is 0 Å². The molecule has 0 saturated heterocycles. The van der Waals surface area contributed by atoms with Gasteiger partial charge in [0.25, 0.3) is 20.0 Å². The van der Waals surface area contributed by atoms with Gasteiger partial charge in [-0.3, -0.25) is 13.8 Å². The van der Waals surface area contributed by atoms with Gasteiger partial charge in [0.15, 0.2) is 0 Å². The quantitative estimate of drug-likeness (QED) is 0.240. The van der Waals surface area contributed by atoms with E-state index < -0.39 is 32.5 Å². The maximum Gasteiger partial charge on any atom is 0.264 e. The zero-order valence-electron chi connectivity index (χ0n) is 22.5. The van der Waals surface area contributed by atoms with Gasteiger partial charge in [-0.1, -0.05) is 35.9 Å². The molecule has 0 saturated carbocycles. The van der Waals surface area contributed by atoms with Gasteiger partial charge in [0.05, 0.1) is 28.3 Å². The van der Waals surface area contributed by atoms with E-state index in [1.807, 2.05) is 6.92 Å². The van der Waals surface area contributed by atoms with E-state index in [0.29, 0.717) is 27.7 Å². The molecule has 0 atom stereocenters. The number of rotatable bonds is 10. The number of ether oxygens (including phenoxy) is 1. The average molecular weight is 614 g/mol. The summed E-state index contributed by atoms with van der Waals surface area (Å²) in [4.78, 5) is 13.1. The summed E-state index contributed by atoms with van der Waals surface area (Å²) < 4.78 is 61.9. The fraction of sp³-hybridized carbons (Fsp3) is 0.138. The summed E-state index contributed by atoms with van der Waals surface area (Å²) in [5, 5.41) is 3.07. The van der Waals surface area contributed by atoms with Gasteiger partial charge >= 0.3 is 0 Å². The third kappa shape index (κ3) is 6.99. The van der Waals surface area contributed by atoms with E-state index in [1.165, 1.54) is 43.5 Å². The van der Waals surface area contributed by atoms with Crippen molar-refractivity contribution in [3.8, 4) is 5.75 Å². The fourth-order valence-corrected chi connectivity index (χ4v) is 6.87. The number of halogens is 1. The molecule has 0 fully saturated rings. The lowest BCUT2D eigenvalue weighted by Gasteiger charge is -2.25. The number of hydrogen-bond donors (Lipinski definition) is 2. The van der Waals surface area contributed by atoms with Crippen LogP contribution in [0.3, 0.4) is 0 Å². The molecule has 0 radical (unpaired) electrons. The first-order valence-electron chi connectivity index (χ1n) is 12.3. The summed E-state index contributed by atoms with van der Waals surface area (Å²) in [6.07, 6.45) is 0. The zero-order chi connectivity index (χ0) is 29.8. The lowest BCUT2D eigenvalue weighted by molar-refractivity contribution is -0.114. The van der Waals surface area contributed by atoms with Crippen molar-refractivity contribution in [2.45, 2.75) is 23.6 Å². The Morgan fingerprint density at radius 1 is 0.854 bits per heavy atom. The summed E-state index contributed by atoms with van der Waals surface area (Å²) >= 11 is 6.08. The van der Waals surface area contributed by atoms with Crippen molar-refractivity contribution in [3.05, 3.63) is 107 Å². The van der Waals surface area contributed by atoms with Gasteiger partial charge in [-0.25, -0.2) is 16.8 Å². The highest BCUT2D eigenvalue weighted by Gasteiger charge is 2.28. The Morgan fingerprint density at radius 3 is 2.17 bits per heavy atom. The van der Waals surface area contributed by atoms with Gasteiger partial charge < -0.3 is 10.1 Å². The van der Waals surface area contributed by atoms with Gasteiger partial charge in [0.2, 0.25) is 5.91 Å². The monoisotopic (exact) mass is 613 g/mol. The minimum atomic E-state index is -4.11. The van der Waals surface area contributed by atoms with E-state index in [-0.39, 0.29) is 15.5 Å². The van der Waals surface area contributed by atoms with Gasteiger partial charge in [-0.15, -0.1) is 0 Å². The smallest absolute Gasteiger partial charge is 0.264 e. The van der Waals surface area contributed by atoms with Crippen LogP contribution in [0.5, 0.6) is 5.75 Å². The van der Waals surface area contributed by atoms with E-state index >= 15 is 0 Å². The van der Waals surface area contributed by atoms with Crippen LogP contribution in [0, 0.1) is 13.8 Å². The number of amides is 1. The molecule has 0 aliphatic heterocycles. The number of aryl methyl sites for hydroxylation is 2. The topological polar surface area (TPSA) is 122 Å². The van der Waals surface area contributed by atoms with E-state index in [9.17, 15) is 21.6 Å². The highest BCUT2D eigenvalue weighted by Crippen LogP contribution is 2.30. The SMILES string of the molecule is COc1ccc(C)cc1NS(=O)(=O)c1ccc(NC(=O)CN(c2ccc(Cl)cc2C)S(=O)(=O)c2ccccc2)cc1. The van der Waals surface area contributed by atoms with Crippen molar-refractivity contribution in [1.82, 2.24) is 0 Å². The number of methoxy groups -OCH3 is 1. The molecular weight excluding hydrogens is 586 g/mol. The summed E-state index contributed by atoms with van der Waals surface area (Å²) in [7, 11) is -6.63. The lowest BCUT2D eigenvalue weighted by atomic mass is 10.2. The summed E-state index contributed by atoms with van der Waals surface area (Å²) in [6, 6.07) is 23.1. The second-order valence-corrected chi connectivity index (χ2v) is 13.1. The highest BCUT2D eigenvalue weighted by molar-refractivity contribution is 7.93. The molecule has 2 N–H and O–H groups in total. The van der Waals surface area contributed by atoms with Gasteiger partial charge in [0, 0.05) is 10.7 Å². The first-order chi connectivity index (χ1) is 19.4. The Labute approximate surface area is 244 Å². The molecule has 0 aliphatic rings. The predicted octanol–water partition coefficient (Wildman–Crippen LogP) is 5.60. The minimum Gasteiger partial charge on any atom is -0.495 e. The number of carbonyl (C=O) groups excluding carboxylic acids is 1. The molecule has 4 aromatic rings. The number of nitrogens with zero attached hydrogens (tertiary/aromatic N) is 1. The van der Waals surface area contributed by atoms with E-state index in [2.05, 4.69) is 10.0 Å². The standard InChI is InChI=1S/C29H28ClN3O6S2/c1-20-9-16-28(39-3)26(17-20)32-40(35,36)24-13-11-23(12-14-24)31-29(34)19-33(27-15-10-22(30)18-21(27)2)41(37,38)25-7-5-4-6-8-25/h4-18,32H,19H2,1-3H3,(H,31,34). The molecule has 9 nitrogen and oxygen atoms in total. The molecule has 0 aliphatic carbocycles. The van der Waals surface area contributed by atoms with Crippen molar-refractivity contribution in [2.75, 3.05) is 28.0 Å². The van der Waals surface area contributed by atoms with Crippen molar-refractivity contribution < 1.29 is 26.4 Å². The Bertz CT molecular complexity index is 1780. The molecule has 0 unspecified atom stereocenters. The molecule has 4 rings (SSSR count). The third-order valence-corrected chi connectivity index (χ3v) is 9.48. The summed E-state index contributed by atoms with van der Waals surface area (Å²) in [5.41, 5.74) is 2.29. The van der Waals surface area contributed by atoms with E-state index in [4.69, 9.17) is 16.3 Å². The molecule has 4 aromatic carbocycles. The van der Waals surface area contributed by atoms with Gasteiger partial charge in [-0.05, 0) is 91.7 Å². The number of anilines is 3. The van der Waals surface area contributed by atoms with Crippen molar-refractivity contribution in [1.29, 1.82) is 0 Å². The Kier molecular flexibility index (Phi) is 8.91. The van der Waals surface area contributed by atoms with Crippen LogP contribution in [0.1, 0.15) is 11.1 Å². The lowest BCUT2D eigenvalue weighted by Crippen LogP contribution is -2.38. The molecular formula is C29H28ClN3O6S2. The summed E-state index contributed by atoms with van der Waals surface area (Å²) in [5.74, 6) is -0.258. The van der Waals surface area contributed by atoms with Crippen LogP contribution < -0.4 is 19.1 Å². The molecule has 41 heavy (non-hydrogen) atoms. The highest BCUT2D eigenvalue weighted by atomic mass is 35.5. The van der Waals surface area contributed by atoms with Crippen LogP contribution in [0.4, 0.5) is 17.1 Å². The Hall–Kier alpha value is -4.06. The normalized spacial score (nSPS) is 11.5. The zero-order valence-corrected chi connectivity index (χ0v) is 24.8.